The van der Waals surface area contributed by atoms with Crippen molar-refractivity contribution in [2.45, 2.75) is 6.92 Å². The molecule has 0 bridgehead atoms. The summed E-state index contributed by atoms with van der Waals surface area (Å²) in [6.07, 6.45) is 1.66. The fourth-order valence-electron chi connectivity index (χ4n) is 1.30. The Bertz CT molecular complexity index is 399. The number of aromatic nitrogens is 1. The fraction of sp³-hybridized carbons (Fsp3) is 0.364. The zero-order valence-corrected chi connectivity index (χ0v) is 9.14. The summed E-state index contributed by atoms with van der Waals surface area (Å²) >= 11 is 0. The van der Waals surface area contributed by atoms with Gasteiger partial charge in [0.1, 0.15) is 18.9 Å². The summed E-state index contributed by atoms with van der Waals surface area (Å²) in [6.45, 7) is 3.16. The van der Waals surface area contributed by atoms with E-state index in [1.807, 2.05) is 25.1 Å². The van der Waals surface area contributed by atoms with Crippen molar-refractivity contribution < 1.29 is 0 Å². The van der Waals surface area contributed by atoms with Gasteiger partial charge in [0, 0.05) is 24.5 Å². The molecule has 0 atom stereocenters. The largest absolute Gasteiger partial charge is 0.370 e. The molecule has 0 spiro atoms. The van der Waals surface area contributed by atoms with Crippen LogP contribution in [0.1, 0.15) is 6.92 Å². The third-order valence-corrected chi connectivity index (χ3v) is 1.99. The van der Waals surface area contributed by atoms with Crippen LogP contribution >= 0.6 is 0 Å². The van der Waals surface area contributed by atoms with Crippen LogP contribution in [0, 0.1) is 22.7 Å². The molecule has 1 heterocycles. The van der Waals surface area contributed by atoms with E-state index in [9.17, 15) is 0 Å². The van der Waals surface area contributed by atoms with E-state index >= 15 is 0 Å². The highest BCUT2D eigenvalue weighted by Crippen LogP contribution is 2.16. The standard InChI is InChI=1S/C11H13N5/c1-2-14-11-9-10(3-6-15-11)16(7-4-12)8-5-13/h3,6,9H,2,7-8H2,1H3,(H,14,15). The molecule has 1 rings (SSSR count). The highest BCUT2D eigenvalue weighted by atomic mass is 15.1. The van der Waals surface area contributed by atoms with Gasteiger partial charge in [-0.15, -0.1) is 0 Å². The van der Waals surface area contributed by atoms with Crippen LogP contribution in [-0.2, 0) is 0 Å². The zero-order valence-electron chi connectivity index (χ0n) is 9.14. The second-order valence-electron chi connectivity index (χ2n) is 3.10. The van der Waals surface area contributed by atoms with Crippen molar-refractivity contribution in [3.63, 3.8) is 0 Å². The first kappa shape index (κ1) is 11.8. The van der Waals surface area contributed by atoms with E-state index in [2.05, 4.69) is 10.3 Å². The normalized spacial score (nSPS) is 8.94. The third kappa shape index (κ3) is 3.14. The maximum absolute atomic E-state index is 8.66. The molecule has 5 nitrogen and oxygen atoms in total. The minimum absolute atomic E-state index is 0.198. The van der Waals surface area contributed by atoms with E-state index in [4.69, 9.17) is 10.5 Å². The summed E-state index contributed by atoms with van der Waals surface area (Å²) < 4.78 is 0. The zero-order chi connectivity index (χ0) is 11.8. The van der Waals surface area contributed by atoms with E-state index in [-0.39, 0.29) is 13.1 Å². The molecule has 1 N–H and O–H groups in total. The minimum Gasteiger partial charge on any atom is -0.370 e. The van der Waals surface area contributed by atoms with Gasteiger partial charge in [0.15, 0.2) is 0 Å². The Morgan fingerprint density at radius 3 is 2.62 bits per heavy atom. The molecule has 0 aliphatic heterocycles. The van der Waals surface area contributed by atoms with Gasteiger partial charge in [0.05, 0.1) is 12.1 Å². The van der Waals surface area contributed by atoms with Crippen molar-refractivity contribution in [1.82, 2.24) is 4.98 Å². The molecule has 16 heavy (non-hydrogen) atoms. The number of nitriles is 2. The highest BCUT2D eigenvalue weighted by Gasteiger charge is 2.06. The topological polar surface area (TPSA) is 75.7 Å². The van der Waals surface area contributed by atoms with Crippen molar-refractivity contribution in [1.29, 1.82) is 10.5 Å². The van der Waals surface area contributed by atoms with E-state index in [1.54, 1.807) is 17.2 Å². The first-order valence-electron chi connectivity index (χ1n) is 5.00. The van der Waals surface area contributed by atoms with Gasteiger partial charge >= 0.3 is 0 Å². The van der Waals surface area contributed by atoms with E-state index < -0.39 is 0 Å². The third-order valence-electron chi connectivity index (χ3n) is 1.99. The fourth-order valence-corrected chi connectivity index (χ4v) is 1.30. The summed E-state index contributed by atoms with van der Waals surface area (Å²) in [5.74, 6) is 0.751. The quantitative estimate of drug-likeness (QED) is 0.751. The Hall–Kier alpha value is -2.27. The molecule has 82 valence electrons. The molecule has 0 aromatic carbocycles. The first-order chi connectivity index (χ1) is 7.81. The van der Waals surface area contributed by atoms with Gasteiger partial charge < -0.3 is 10.2 Å². The Kier molecular flexibility index (Phi) is 4.62. The number of hydrogen-bond donors (Lipinski definition) is 1. The van der Waals surface area contributed by atoms with Crippen molar-refractivity contribution in [2.24, 2.45) is 0 Å². The number of nitrogens with zero attached hydrogens (tertiary/aromatic N) is 4. The lowest BCUT2D eigenvalue weighted by Gasteiger charge is -2.18. The minimum atomic E-state index is 0.198. The predicted octanol–water partition coefficient (Wildman–Crippen LogP) is 1.37. The number of nitrogens with one attached hydrogen (secondary N) is 1. The maximum atomic E-state index is 8.66. The molecule has 1 aromatic heterocycles. The lowest BCUT2D eigenvalue weighted by molar-refractivity contribution is 0.962. The SMILES string of the molecule is CCNc1cc(N(CC#N)CC#N)ccn1. The lowest BCUT2D eigenvalue weighted by atomic mass is 10.3. The molecule has 0 saturated carbocycles. The van der Waals surface area contributed by atoms with Gasteiger partial charge in [0.2, 0.25) is 0 Å². The molecule has 0 amide bonds. The molecular weight excluding hydrogens is 202 g/mol. The molecule has 0 radical (unpaired) electrons. The van der Waals surface area contributed by atoms with Crippen molar-refractivity contribution >= 4 is 11.5 Å². The summed E-state index contributed by atoms with van der Waals surface area (Å²) in [4.78, 5) is 5.83. The first-order valence-corrected chi connectivity index (χ1v) is 5.00. The van der Waals surface area contributed by atoms with E-state index in [0.717, 1.165) is 18.1 Å². The van der Waals surface area contributed by atoms with Gasteiger partial charge in [-0.1, -0.05) is 0 Å². The molecule has 1 aromatic rings. The average molecular weight is 215 g/mol. The van der Waals surface area contributed by atoms with E-state index in [1.165, 1.54) is 0 Å². The predicted molar refractivity (Wildman–Crippen MR) is 61.8 cm³/mol. The van der Waals surface area contributed by atoms with Crippen LogP contribution < -0.4 is 10.2 Å². The van der Waals surface area contributed by atoms with Gasteiger partial charge in [-0.3, -0.25) is 0 Å². The number of anilines is 2. The average Bonchev–Trinajstić information content (AvgIpc) is 2.30. The van der Waals surface area contributed by atoms with Crippen molar-refractivity contribution in [3.05, 3.63) is 18.3 Å². The molecule has 0 saturated heterocycles. The van der Waals surface area contributed by atoms with Crippen LogP contribution in [-0.4, -0.2) is 24.6 Å². The van der Waals surface area contributed by atoms with Gasteiger partial charge in [-0.25, -0.2) is 4.98 Å². The van der Waals surface area contributed by atoms with Crippen LogP contribution in [0.4, 0.5) is 11.5 Å². The molecule has 0 aliphatic rings. The van der Waals surface area contributed by atoms with Crippen molar-refractivity contribution in [2.75, 3.05) is 29.9 Å². The summed E-state index contributed by atoms with van der Waals surface area (Å²) in [5.41, 5.74) is 0.828. The smallest absolute Gasteiger partial charge is 0.127 e. The molecule has 0 unspecified atom stereocenters. The number of hydrogen-bond acceptors (Lipinski definition) is 5. The van der Waals surface area contributed by atoms with Gasteiger partial charge in [-0.2, -0.15) is 10.5 Å². The second kappa shape index (κ2) is 6.26. The Balaban J connectivity index is 2.87. The monoisotopic (exact) mass is 215 g/mol. The number of rotatable bonds is 5. The lowest BCUT2D eigenvalue weighted by Crippen LogP contribution is -2.23. The second-order valence-corrected chi connectivity index (χ2v) is 3.10. The molecule has 5 heteroatoms. The van der Waals surface area contributed by atoms with Crippen molar-refractivity contribution in [3.8, 4) is 12.1 Å². The van der Waals surface area contributed by atoms with Crippen LogP contribution in [0.5, 0.6) is 0 Å². The number of pyridine rings is 1. The molecule has 0 aliphatic carbocycles. The van der Waals surface area contributed by atoms with Crippen LogP contribution in [0.25, 0.3) is 0 Å². The van der Waals surface area contributed by atoms with Crippen LogP contribution in [0.15, 0.2) is 18.3 Å². The van der Waals surface area contributed by atoms with Crippen LogP contribution in [0.2, 0.25) is 0 Å². The van der Waals surface area contributed by atoms with Gasteiger partial charge in [0.25, 0.3) is 0 Å². The highest BCUT2D eigenvalue weighted by molar-refractivity contribution is 5.54. The summed E-state index contributed by atoms with van der Waals surface area (Å²) in [6, 6.07) is 7.69. The Morgan fingerprint density at radius 1 is 1.38 bits per heavy atom. The Labute approximate surface area is 94.9 Å². The van der Waals surface area contributed by atoms with Gasteiger partial charge in [-0.05, 0) is 13.0 Å². The van der Waals surface area contributed by atoms with E-state index in [0.29, 0.717) is 0 Å². The van der Waals surface area contributed by atoms with Crippen LogP contribution in [0.3, 0.4) is 0 Å². The maximum Gasteiger partial charge on any atom is 0.127 e. The Morgan fingerprint density at radius 2 is 2.06 bits per heavy atom. The summed E-state index contributed by atoms with van der Waals surface area (Å²) in [7, 11) is 0. The summed E-state index contributed by atoms with van der Waals surface area (Å²) in [5, 5.41) is 20.4. The molecular formula is C11H13N5. The molecule has 0 fully saturated rings.